The van der Waals surface area contributed by atoms with E-state index in [-0.39, 0.29) is 18.2 Å². The number of nitrogens with two attached hydrogens (primary N) is 1. The van der Waals surface area contributed by atoms with Gasteiger partial charge in [0.25, 0.3) is 0 Å². The summed E-state index contributed by atoms with van der Waals surface area (Å²) in [6.45, 7) is 3.70. The van der Waals surface area contributed by atoms with Crippen molar-refractivity contribution >= 4 is 0 Å². The first-order valence-electron chi connectivity index (χ1n) is 6.74. The third-order valence-corrected chi connectivity index (χ3v) is 2.98. The Morgan fingerprint density at radius 2 is 2.00 bits per heavy atom. The van der Waals surface area contributed by atoms with Gasteiger partial charge in [-0.3, -0.25) is 4.98 Å². The smallest absolute Gasteiger partial charge is 0.141 e. The number of halogens is 2. The number of hydrogen-bond donors (Lipinski definition) is 1. The number of aryl methyl sites for hydroxylation is 1. The van der Waals surface area contributed by atoms with Crippen LogP contribution in [0.2, 0.25) is 0 Å². The molecule has 0 saturated heterocycles. The normalized spacial score (nSPS) is 12.2. The van der Waals surface area contributed by atoms with Gasteiger partial charge in [-0.2, -0.15) is 0 Å². The Morgan fingerprint density at radius 1 is 1.24 bits per heavy atom. The van der Waals surface area contributed by atoms with Crippen LogP contribution in [0.4, 0.5) is 8.78 Å². The van der Waals surface area contributed by atoms with Gasteiger partial charge in [-0.15, -0.1) is 0 Å². The van der Waals surface area contributed by atoms with E-state index < -0.39 is 11.6 Å². The molecule has 1 aromatic heterocycles. The van der Waals surface area contributed by atoms with Crippen LogP contribution in [0.25, 0.3) is 0 Å². The number of nitrogens with zero attached hydrogens (tertiary/aromatic N) is 1. The fourth-order valence-electron chi connectivity index (χ4n) is 1.99. The SMILES string of the molecule is Cc1ccc(OCc2cc(F)ccc2F)c(CC(C)N)n1. The van der Waals surface area contributed by atoms with Crippen LogP contribution in [0.1, 0.15) is 23.9 Å². The summed E-state index contributed by atoms with van der Waals surface area (Å²) in [5.74, 6) is -0.445. The standard InChI is InChI=1S/C16H18F2N2O/c1-10(19)7-15-16(6-3-11(2)20-15)21-9-12-8-13(17)4-5-14(12)18/h3-6,8,10H,7,9,19H2,1-2H3. The molecule has 5 heteroatoms. The van der Waals surface area contributed by atoms with Gasteiger partial charge in [0.15, 0.2) is 0 Å². The second-order valence-electron chi connectivity index (χ2n) is 5.10. The highest BCUT2D eigenvalue weighted by Crippen LogP contribution is 2.21. The molecule has 21 heavy (non-hydrogen) atoms. The van der Waals surface area contributed by atoms with Crippen molar-refractivity contribution in [1.29, 1.82) is 0 Å². The zero-order valence-corrected chi connectivity index (χ0v) is 12.1. The van der Waals surface area contributed by atoms with E-state index in [9.17, 15) is 8.78 Å². The summed E-state index contributed by atoms with van der Waals surface area (Å²) in [7, 11) is 0. The van der Waals surface area contributed by atoms with Crippen molar-refractivity contribution in [1.82, 2.24) is 4.98 Å². The van der Waals surface area contributed by atoms with Gasteiger partial charge in [0, 0.05) is 23.7 Å². The summed E-state index contributed by atoms with van der Waals surface area (Å²) >= 11 is 0. The Labute approximate surface area is 122 Å². The van der Waals surface area contributed by atoms with Crippen LogP contribution in [0.15, 0.2) is 30.3 Å². The van der Waals surface area contributed by atoms with E-state index in [1.54, 1.807) is 6.07 Å². The predicted molar refractivity (Wildman–Crippen MR) is 77.0 cm³/mol. The van der Waals surface area contributed by atoms with Crippen LogP contribution in [0, 0.1) is 18.6 Å². The molecule has 112 valence electrons. The molecular weight excluding hydrogens is 274 g/mol. The van der Waals surface area contributed by atoms with Crippen LogP contribution in [0.5, 0.6) is 5.75 Å². The van der Waals surface area contributed by atoms with Gasteiger partial charge in [0.05, 0.1) is 5.69 Å². The van der Waals surface area contributed by atoms with Gasteiger partial charge >= 0.3 is 0 Å². The van der Waals surface area contributed by atoms with Crippen molar-refractivity contribution in [3.63, 3.8) is 0 Å². The van der Waals surface area contributed by atoms with Crippen LogP contribution in [0.3, 0.4) is 0 Å². The second kappa shape index (κ2) is 6.63. The molecule has 1 atom stereocenters. The van der Waals surface area contributed by atoms with E-state index in [0.29, 0.717) is 12.2 Å². The Balaban J connectivity index is 2.17. The molecule has 0 saturated carbocycles. The number of aromatic nitrogens is 1. The molecule has 3 nitrogen and oxygen atoms in total. The van der Waals surface area contributed by atoms with E-state index >= 15 is 0 Å². The molecule has 0 radical (unpaired) electrons. The van der Waals surface area contributed by atoms with Crippen LogP contribution < -0.4 is 10.5 Å². The highest BCUT2D eigenvalue weighted by atomic mass is 19.1. The highest BCUT2D eigenvalue weighted by molar-refractivity contribution is 5.30. The maximum Gasteiger partial charge on any atom is 0.141 e. The first-order valence-corrected chi connectivity index (χ1v) is 6.74. The van der Waals surface area contributed by atoms with Crippen LogP contribution in [-0.4, -0.2) is 11.0 Å². The lowest BCUT2D eigenvalue weighted by atomic mass is 10.1. The summed E-state index contributed by atoms with van der Waals surface area (Å²) in [5.41, 5.74) is 7.54. The summed E-state index contributed by atoms with van der Waals surface area (Å²) in [5, 5.41) is 0. The summed E-state index contributed by atoms with van der Waals surface area (Å²) < 4.78 is 32.3. The first kappa shape index (κ1) is 15.4. The van der Waals surface area contributed by atoms with Gasteiger partial charge in [-0.1, -0.05) is 0 Å². The Hall–Kier alpha value is -2.01. The van der Waals surface area contributed by atoms with E-state index in [1.807, 2.05) is 19.9 Å². The van der Waals surface area contributed by atoms with E-state index in [2.05, 4.69) is 4.98 Å². The molecule has 1 unspecified atom stereocenters. The molecule has 0 fully saturated rings. The zero-order valence-electron chi connectivity index (χ0n) is 12.1. The number of pyridine rings is 1. The summed E-state index contributed by atoms with van der Waals surface area (Å²) in [6.07, 6.45) is 0.558. The minimum absolute atomic E-state index is 0.0553. The molecule has 0 amide bonds. The number of ether oxygens (including phenoxy) is 1. The number of hydrogen-bond acceptors (Lipinski definition) is 3. The predicted octanol–water partition coefficient (Wildman–Crippen LogP) is 3.14. The molecule has 0 bridgehead atoms. The Bertz CT molecular complexity index is 630. The van der Waals surface area contributed by atoms with Gasteiger partial charge < -0.3 is 10.5 Å². The van der Waals surface area contributed by atoms with Crippen molar-refractivity contribution in [2.75, 3.05) is 0 Å². The van der Waals surface area contributed by atoms with Crippen LogP contribution >= 0.6 is 0 Å². The maximum atomic E-state index is 13.6. The number of benzene rings is 1. The van der Waals surface area contributed by atoms with Crippen molar-refractivity contribution in [3.05, 3.63) is 58.9 Å². The molecule has 1 heterocycles. The third-order valence-electron chi connectivity index (χ3n) is 2.98. The molecule has 2 rings (SSSR count). The monoisotopic (exact) mass is 292 g/mol. The Morgan fingerprint density at radius 3 is 2.71 bits per heavy atom. The average Bonchev–Trinajstić information content (AvgIpc) is 2.41. The summed E-state index contributed by atoms with van der Waals surface area (Å²) in [4.78, 5) is 4.39. The molecule has 0 aliphatic carbocycles. The van der Waals surface area contributed by atoms with Gasteiger partial charge in [-0.05, 0) is 44.2 Å². The van der Waals surface area contributed by atoms with E-state index in [1.165, 1.54) is 0 Å². The van der Waals surface area contributed by atoms with Crippen LogP contribution in [-0.2, 0) is 13.0 Å². The molecule has 2 N–H and O–H groups in total. The fourth-order valence-corrected chi connectivity index (χ4v) is 1.99. The van der Waals surface area contributed by atoms with E-state index in [4.69, 9.17) is 10.5 Å². The van der Waals surface area contributed by atoms with Crippen molar-refractivity contribution < 1.29 is 13.5 Å². The van der Waals surface area contributed by atoms with Crippen molar-refractivity contribution in [3.8, 4) is 5.75 Å². The number of rotatable bonds is 5. The van der Waals surface area contributed by atoms with Gasteiger partial charge in [-0.25, -0.2) is 8.78 Å². The quantitative estimate of drug-likeness (QED) is 0.921. The molecule has 2 aromatic rings. The zero-order chi connectivity index (χ0) is 15.4. The fraction of sp³-hybridized carbons (Fsp3) is 0.312. The second-order valence-corrected chi connectivity index (χ2v) is 5.10. The summed E-state index contributed by atoms with van der Waals surface area (Å²) in [6, 6.07) is 6.81. The average molecular weight is 292 g/mol. The van der Waals surface area contributed by atoms with Gasteiger partial charge in [0.1, 0.15) is 24.0 Å². The first-order chi connectivity index (χ1) is 9.95. The Kier molecular flexibility index (Phi) is 4.85. The van der Waals surface area contributed by atoms with E-state index in [0.717, 1.165) is 29.6 Å². The largest absolute Gasteiger partial charge is 0.487 e. The minimum Gasteiger partial charge on any atom is -0.487 e. The lowest BCUT2D eigenvalue weighted by Gasteiger charge is -2.13. The maximum absolute atomic E-state index is 13.6. The molecule has 0 aliphatic rings. The minimum atomic E-state index is -0.495. The molecule has 1 aromatic carbocycles. The lowest BCUT2D eigenvalue weighted by Crippen LogP contribution is -2.19. The molecule has 0 aliphatic heterocycles. The van der Waals surface area contributed by atoms with Crippen molar-refractivity contribution in [2.24, 2.45) is 5.73 Å². The van der Waals surface area contributed by atoms with Crippen molar-refractivity contribution in [2.45, 2.75) is 32.9 Å². The third kappa shape index (κ3) is 4.23. The highest BCUT2D eigenvalue weighted by Gasteiger charge is 2.10. The lowest BCUT2D eigenvalue weighted by molar-refractivity contribution is 0.293. The molecular formula is C16H18F2N2O. The topological polar surface area (TPSA) is 48.1 Å². The molecule has 0 spiro atoms. The van der Waals surface area contributed by atoms with Gasteiger partial charge in [0.2, 0.25) is 0 Å².